The van der Waals surface area contributed by atoms with Crippen LogP contribution in [0.4, 0.5) is 0 Å². The van der Waals surface area contributed by atoms with E-state index in [1.54, 1.807) is 0 Å². The molecular formula is C31H34O. The Bertz CT molecular complexity index is 1100. The summed E-state index contributed by atoms with van der Waals surface area (Å²) in [7, 11) is 0. The molecule has 1 heteroatoms. The fourth-order valence-corrected chi connectivity index (χ4v) is 3.48. The van der Waals surface area contributed by atoms with Gasteiger partial charge in [-0.25, -0.2) is 0 Å². The van der Waals surface area contributed by atoms with Crippen LogP contribution in [0, 0.1) is 13.8 Å². The first kappa shape index (κ1) is 24.8. The maximum atomic E-state index is 12.5. The number of aryl methyl sites for hydroxylation is 2. The largest absolute Gasteiger partial charge is 0.294 e. The van der Waals surface area contributed by atoms with E-state index in [0.717, 1.165) is 39.0 Å². The van der Waals surface area contributed by atoms with Crippen LogP contribution in [0.15, 0.2) is 92.5 Å². The molecule has 164 valence electrons. The fourth-order valence-electron chi connectivity index (χ4n) is 3.48. The minimum Gasteiger partial charge on any atom is -0.294 e. The van der Waals surface area contributed by atoms with Crippen LogP contribution < -0.4 is 0 Å². The number of hydrogen-bond donors (Lipinski definition) is 0. The average molecular weight is 423 g/mol. The minimum atomic E-state index is 0.128. The highest BCUT2D eigenvalue weighted by atomic mass is 16.1. The number of carbonyl (C=O) groups is 1. The molecule has 0 unspecified atom stereocenters. The van der Waals surface area contributed by atoms with Gasteiger partial charge in [0, 0.05) is 12.0 Å². The van der Waals surface area contributed by atoms with E-state index in [-0.39, 0.29) is 5.78 Å². The van der Waals surface area contributed by atoms with Gasteiger partial charge < -0.3 is 0 Å². The van der Waals surface area contributed by atoms with Crippen molar-refractivity contribution in [2.24, 2.45) is 0 Å². The van der Waals surface area contributed by atoms with Crippen LogP contribution in [0.2, 0.25) is 0 Å². The highest BCUT2D eigenvalue weighted by Crippen LogP contribution is 2.26. The second kappa shape index (κ2) is 11.8. The van der Waals surface area contributed by atoms with Gasteiger partial charge in [-0.05, 0) is 62.4 Å². The molecule has 0 saturated carbocycles. The maximum absolute atomic E-state index is 12.5. The van der Waals surface area contributed by atoms with Gasteiger partial charge in [-0.15, -0.1) is 0 Å². The molecule has 0 spiro atoms. The highest BCUT2D eigenvalue weighted by molar-refractivity contribution is 5.98. The molecule has 1 nitrogen and oxygen atoms in total. The first-order valence-electron chi connectivity index (χ1n) is 10.9. The van der Waals surface area contributed by atoms with Crippen molar-refractivity contribution in [1.82, 2.24) is 0 Å². The van der Waals surface area contributed by atoms with Gasteiger partial charge in [0.05, 0.1) is 0 Å². The molecule has 0 bridgehead atoms. The molecule has 0 saturated heterocycles. The molecule has 0 heterocycles. The Morgan fingerprint density at radius 2 is 1.25 bits per heavy atom. The molecular weight excluding hydrogens is 388 g/mol. The van der Waals surface area contributed by atoms with Gasteiger partial charge >= 0.3 is 0 Å². The predicted molar refractivity (Wildman–Crippen MR) is 141 cm³/mol. The number of rotatable bonds is 7. The van der Waals surface area contributed by atoms with E-state index in [1.165, 1.54) is 11.1 Å². The van der Waals surface area contributed by atoms with Crippen molar-refractivity contribution >= 4 is 22.5 Å². The van der Waals surface area contributed by atoms with Crippen molar-refractivity contribution in [2.75, 3.05) is 0 Å². The molecule has 0 aliphatic carbocycles. The lowest BCUT2D eigenvalue weighted by atomic mass is 9.92. The maximum Gasteiger partial charge on any atom is 0.163 e. The first-order chi connectivity index (χ1) is 15.2. The van der Waals surface area contributed by atoms with Crippen molar-refractivity contribution in [3.05, 3.63) is 126 Å². The number of carbonyl (C=O) groups excluding carboxylic acids is 1. The molecule has 0 aromatic heterocycles. The highest BCUT2D eigenvalue weighted by Gasteiger charge is 2.11. The van der Waals surface area contributed by atoms with E-state index < -0.39 is 0 Å². The molecule has 32 heavy (non-hydrogen) atoms. The van der Waals surface area contributed by atoms with E-state index in [1.807, 2.05) is 62.4 Å². The van der Waals surface area contributed by atoms with Crippen molar-refractivity contribution < 1.29 is 4.79 Å². The number of benzene rings is 3. The van der Waals surface area contributed by atoms with Crippen molar-refractivity contribution in [1.29, 1.82) is 0 Å². The number of allylic oxidation sites excluding steroid dienone is 3. The molecule has 0 aliphatic heterocycles. The van der Waals surface area contributed by atoms with Gasteiger partial charge in [-0.1, -0.05) is 109 Å². The Balaban J connectivity index is 0.000000380. The summed E-state index contributed by atoms with van der Waals surface area (Å²) in [6.07, 6.45) is 1.11. The Labute approximate surface area is 193 Å². The number of hydrogen-bond acceptors (Lipinski definition) is 1. The monoisotopic (exact) mass is 422 g/mol. The Hall–Kier alpha value is -3.45. The normalized spacial score (nSPS) is 10.0. The smallest absolute Gasteiger partial charge is 0.163 e. The van der Waals surface area contributed by atoms with E-state index in [0.29, 0.717) is 12.8 Å². The van der Waals surface area contributed by atoms with Gasteiger partial charge in [0.25, 0.3) is 0 Å². The first-order valence-corrected chi connectivity index (χ1v) is 10.9. The van der Waals surface area contributed by atoms with Gasteiger partial charge in [-0.2, -0.15) is 0 Å². The fraction of sp³-hybridized carbons (Fsp3) is 0.194. The topological polar surface area (TPSA) is 17.1 Å². The van der Waals surface area contributed by atoms with Gasteiger partial charge in [0.1, 0.15) is 0 Å². The van der Waals surface area contributed by atoms with E-state index in [2.05, 4.69) is 57.8 Å². The molecule has 3 aromatic carbocycles. The van der Waals surface area contributed by atoms with Crippen LogP contribution in [0.25, 0.3) is 16.7 Å². The average Bonchev–Trinajstić information content (AvgIpc) is 2.77. The third kappa shape index (κ3) is 7.35. The molecule has 0 fully saturated rings. The van der Waals surface area contributed by atoms with Gasteiger partial charge in [-0.3, -0.25) is 4.79 Å². The molecule has 0 atom stereocenters. The minimum absolute atomic E-state index is 0.128. The zero-order valence-electron chi connectivity index (χ0n) is 19.9. The third-order valence-electron chi connectivity index (χ3n) is 5.27. The van der Waals surface area contributed by atoms with Gasteiger partial charge in [0.2, 0.25) is 0 Å². The van der Waals surface area contributed by atoms with E-state index in [4.69, 9.17) is 0 Å². The summed E-state index contributed by atoms with van der Waals surface area (Å²) in [6, 6.07) is 24.2. The lowest BCUT2D eigenvalue weighted by Gasteiger charge is -2.12. The summed E-state index contributed by atoms with van der Waals surface area (Å²) in [5, 5.41) is 0. The van der Waals surface area contributed by atoms with Crippen LogP contribution >= 0.6 is 0 Å². The van der Waals surface area contributed by atoms with E-state index in [9.17, 15) is 4.79 Å². The summed E-state index contributed by atoms with van der Waals surface area (Å²) in [4.78, 5) is 12.5. The molecule has 0 aliphatic rings. The SMILES string of the molecule is C=C(CCC(=O)c1ccc(C(=C)C)c(C(=C)C)c1)c1ccccc1.Cc1cccc(C)c1. The Morgan fingerprint density at radius 3 is 1.75 bits per heavy atom. The van der Waals surface area contributed by atoms with Crippen LogP contribution in [-0.2, 0) is 0 Å². The predicted octanol–water partition coefficient (Wildman–Crippen LogP) is 8.73. The molecule has 0 radical (unpaired) electrons. The summed E-state index contributed by atoms with van der Waals surface area (Å²) in [5.74, 6) is 0.128. The lowest BCUT2D eigenvalue weighted by Crippen LogP contribution is -2.02. The molecule has 3 aromatic rings. The third-order valence-corrected chi connectivity index (χ3v) is 5.27. The number of ketones is 1. The van der Waals surface area contributed by atoms with Crippen LogP contribution in [0.5, 0.6) is 0 Å². The zero-order valence-corrected chi connectivity index (χ0v) is 19.9. The molecule has 0 N–H and O–H groups in total. The van der Waals surface area contributed by atoms with Crippen LogP contribution in [0.1, 0.15) is 64.9 Å². The van der Waals surface area contributed by atoms with Crippen molar-refractivity contribution in [3.8, 4) is 0 Å². The molecule has 3 rings (SSSR count). The summed E-state index contributed by atoms with van der Waals surface area (Å²) in [5.41, 5.74) is 9.44. The Kier molecular flexibility index (Phi) is 9.16. The van der Waals surface area contributed by atoms with Gasteiger partial charge in [0.15, 0.2) is 5.78 Å². The van der Waals surface area contributed by atoms with Crippen molar-refractivity contribution in [3.63, 3.8) is 0 Å². The number of Topliss-reactive ketones (excluding diaryl/α,β-unsaturated/α-hetero) is 1. The summed E-state index contributed by atoms with van der Waals surface area (Å²) < 4.78 is 0. The lowest BCUT2D eigenvalue weighted by molar-refractivity contribution is 0.0984. The van der Waals surface area contributed by atoms with Crippen LogP contribution in [0.3, 0.4) is 0 Å². The van der Waals surface area contributed by atoms with E-state index >= 15 is 0 Å². The zero-order chi connectivity index (χ0) is 23.7. The second-order valence-corrected chi connectivity index (χ2v) is 8.37. The van der Waals surface area contributed by atoms with Crippen LogP contribution in [-0.4, -0.2) is 5.78 Å². The van der Waals surface area contributed by atoms with Crippen molar-refractivity contribution in [2.45, 2.75) is 40.5 Å². The summed E-state index contributed by atoms with van der Waals surface area (Å²) in [6.45, 7) is 20.2. The quantitative estimate of drug-likeness (QED) is 0.348. The Morgan fingerprint density at radius 1 is 0.656 bits per heavy atom. The standard InChI is InChI=1S/C23H24O.C8H10/c1-16(2)21-13-12-20(15-22(21)17(3)4)23(24)14-11-18(5)19-9-7-6-8-10-19;1-7-4-3-5-8(2)6-7/h6-10,12-13,15H,1,3,5,11,14H2,2,4H3;3-6H,1-2H3. The second-order valence-electron chi connectivity index (χ2n) is 8.37. The summed E-state index contributed by atoms with van der Waals surface area (Å²) >= 11 is 0. The molecule has 0 amide bonds.